The third kappa shape index (κ3) is 11.4. The summed E-state index contributed by atoms with van der Waals surface area (Å²) in [4.78, 5) is 0.606. The first-order chi connectivity index (χ1) is 12.1. The zero-order chi connectivity index (χ0) is 18.3. The molecule has 0 bridgehead atoms. The third-order valence-electron chi connectivity index (χ3n) is 4.16. The summed E-state index contributed by atoms with van der Waals surface area (Å²) in [5.74, 6) is 0. The Balaban J connectivity index is 1.98. The molecule has 1 aromatic carbocycles. The second-order valence-electron chi connectivity index (χ2n) is 6.38. The maximum Gasteiger partial charge on any atom is 0.173 e. The van der Waals surface area contributed by atoms with Crippen LogP contribution < -0.4 is 15.8 Å². The fraction of sp³-hybridized carbons (Fsp3) is 0.632. The molecule has 0 aliphatic rings. The summed E-state index contributed by atoms with van der Waals surface area (Å²) in [6, 6.07) is 7.13. The van der Waals surface area contributed by atoms with Crippen molar-refractivity contribution in [3.63, 3.8) is 0 Å². The molecule has 0 radical (unpaired) electrons. The number of hydrogen-bond acceptors (Lipinski definition) is 3. The Labute approximate surface area is 161 Å². The Bertz CT molecular complexity index is 466. The molecule has 142 valence electrons. The van der Waals surface area contributed by atoms with Crippen LogP contribution in [0.2, 0.25) is 0 Å². The van der Waals surface area contributed by atoms with E-state index in [1.807, 2.05) is 12.1 Å². The molecule has 4 nitrogen and oxygen atoms in total. The molecule has 0 spiro atoms. The van der Waals surface area contributed by atoms with Crippen LogP contribution in [0.5, 0.6) is 0 Å². The monoisotopic (exact) mass is 383 g/mol. The average molecular weight is 384 g/mol. The molecule has 0 aliphatic carbocycles. The molecule has 25 heavy (non-hydrogen) atoms. The summed E-state index contributed by atoms with van der Waals surface area (Å²) in [5, 5.41) is 12.3. The van der Waals surface area contributed by atoms with Crippen molar-refractivity contribution in [2.45, 2.75) is 76.0 Å². The van der Waals surface area contributed by atoms with Crippen LogP contribution in [-0.2, 0) is 11.4 Å². The van der Waals surface area contributed by atoms with Gasteiger partial charge in [-0.2, -0.15) is 0 Å². The molecule has 0 aliphatic heterocycles. The molecule has 0 saturated carbocycles. The SMILES string of the molecule is CCCCCCCCCCCCNC(=S)Nc1ccc([S+](N)[O-])cc1. The van der Waals surface area contributed by atoms with E-state index < -0.39 is 11.4 Å². The van der Waals surface area contributed by atoms with Gasteiger partial charge in [0.25, 0.3) is 0 Å². The highest BCUT2D eigenvalue weighted by Gasteiger charge is 2.05. The van der Waals surface area contributed by atoms with Crippen LogP contribution in [0.25, 0.3) is 0 Å². The van der Waals surface area contributed by atoms with Crippen LogP contribution in [0, 0.1) is 0 Å². The summed E-state index contributed by atoms with van der Waals surface area (Å²) >= 11 is 3.84. The average Bonchev–Trinajstić information content (AvgIpc) is 2.60. The summed E-state index contributed by atoms with van der Waals surface area (Å²) in [5.41, 5.74) is 0.870. The largest absolute Gasteiger partial charge is 0.593 e. The van der Waals surface area contributed by atoms with Crippen LogP contribution in [0.3, 0.4) is 0 Å². The minimum absolute atomic E-state index is 0.606. The number of thiocarbonyl (C=S) groups is 1. The smallest absolute Gasteiger partial charge is 0.173 e. The van der Waals surface area contributed by atoms with E-state index in [2.05, 4.69) is 17.6 Å². The van der Waals surface area contributed by atoms with E-state index in [9.17, 15) is 4.55 Å². The van der Waals surface area contributed by atoms with Crippen molar-refractivity contribution in [2.24, 2.45) is 5.14 Å². The van der Waals surface area contributed by atoms with Gasteiger partial charge in [0, 0.05) is 12.2 Å². The number of nitrogens with one attached hydrogen (secondary N) is 2. The van der Waals surface area contributed by atoms with E-state index in [-0.39, 0.29) is 0 Å². The van der Waals surface area contributed by atoms with Gasteiger partial charge < -0.3 is 15.2 Å². The zero-order valence-electron chi connectivity index (χ0n) is 15.4. The molecular formula is C19H33N3OS2. The van der Waals surface area contributed by atoms with Crippen molar-refractivity contribution >= 4 is 34.4 Å². The van der Waals surface area contributed by atoms with Gasteiger partial charge in [0.15, 0.2) is 10.0 Å². The molecule has 0 amide bonds. The number of anilines is 1. The van der Waals surface area contributed by atoms with Gasteiger partial charge in [-0.15, -0.1) is 5.14 Å². The predicted octanol–water partition coefficient (Wildman–Crippen LogP) is 4.88. The van der Waals surface area contributed by atoms with E-state index in [1.165, 1.54) is 57.8 Å². The highest BCUT2D eigenvalue weighted by atomic mass is 32.2. The standard InChI is InChI=1S/C19H33N3OS2/c1-2-3-4-5-6-7-8-9-10-11-16-21-19(24)22-17-12-14-18(15-13-17)25(20)23/h12-15H,2-11,16,20H2,1H3,(H2,21,22,24). The van der Waals surface area contributed by atoms with E-state index in [0.717, 1.165) is 18.7 Å². The molecule has 0 heterocycles. The maximum atomic E-state index is 11.1. The highest BCUT2D eigenvalue weighted by molar-refractivity contribution is 7.89. The molecule has 0 fully saturated rings. The lowest BCUT2D eigenvalue weighted by molar-refractivity contribution is 0.555. The summed E-state index contributed by atoms with van der Waals surface area (Å²) in [6.07, 6.45) is 13.3. The number of rotatable bonds is 13. The summed E-state index contributed by atoms with van der Waals surface area (Å²) in [6.45, 7) is 3.16. The number of benzene rings is 1. The van der Waals surface area contributed by atoms with Gasteiger partial charge in [-0.3, -0.25) is 0 Å². The fourth-order valence-electron chi connectivity index (χ4n) is 2.66. The normalized spacial score (nSPS) is 12.0. The van der Waals surface area contributed by atoms with E-state index >= 15 is 0 Å². The van der Waals surface area contributed by atoms with Gasteiger partial charge in [-0.05, 0) is 42.9 Å². The first kappa shape index (κ1) is 22.2. The van der Waals surface area contributed by atoms with Crippen LogP contribution in [0.4, 0.5) is 5.69 Å². The van der Waals surface area contributed by atoms with Gasteiger partial charge in [0.05, 0.1) is 11.4 Å². The van der Waals surface area contributed by atoms with Gasteiger partial charge in [-0.25, -0.2) is 0 Å². The number of unbranched alkanes of at least 4 members (excludes halogenated alkanes) is 9. The fourth-order valence-corrected chi connectivity index (χ4v) is 3.29. The second-order valence-corrected chi connectivity index (χ2v) is 7.86. The van der Waals surface area contributed by atoms with Gasteiger partial charge in [-0.1, -0.05) is 64.7 Å². The Morgan fingerprint density at radius 1 is 0.960 bits per heavy atom. The number of hydrogen-bond donors (Lipinski definition) is 3. The molecule has 0 aromatic heterocycles. The van der Waals surface area contributed by atoms with Crippen molar-refractivity contribution in [3.8, 4) is 0 Å². The molecule has 6 heteroatoms. The third-order valence-corrected chi connectivity index (χ3v) is 5.14. The van der Waals surface area contributed by atoms with Gasteiger partial charge in [0.2, 0.25) is 0 Å². The second kappa shape index (κ2) is 14.4. The lowest BCUT2D eigenvalue weighted by Crippen LogP contribution is -2.29. The molecule has 1 aromatic rings. The summed E-state index contributed by atoms with van der Waals surface area (Å²) in [7, 11) is 0. The first-order valence-corrected chi connectivity index (χ1v) is 11.1. The predicted molar refractivity (Wildman–Crippen MR) is 113 cm³/mol. The van der Waals surface area contributed by atoms with Crippen LogP contribution in [0.15, 0.2) is 29.2 Å². The Kier molecular flexibility index (Phi) is 12.8. The van der Waals surface area contributed by atoms with Crippen molar-refractivity contribution in [1.82, 2.24) is 5.32 Å². The van der Waals surface area contributed by atoms with Gasteiger partial charge in [0.1, 0.15) is 0 Å². The van der Waals surface area contributed by atoms with Crippen molar-refractivity contribution in [2.75, 3.05) is 11.9 Å². The molecule has 1 unspecified atom stereocenters. The van der Waals surface area contributed by atoms with E-state index in [0.29, 0.717) is 10.0 Å². The molecule has 4 N–H and O–H groups in total. The van der Waals surface area contributed by atoms with E-state index in [1.54, 1.807) is 12.1 Å². The summed E-state index contributed by atoms with van der Waals surface area (Å²) < 4.78 is 11.1. The van der Waals surface area contributed by atoms with E-state index in [4.69, 9.17) is 17.4 Å². The Morgan fingerprint density at radius 2 is 1.48 bits per heavy atom. The van der Waals surface area contributed by atoms with Crippen molar-refractivity contribution < 1.29 is 4.55 Å². The molecule has 1 rings (SSSR count). The quantitative estimate of drug-likeness (QED) is 0.257. The lowest BCUT2D eigenvalue weighted by atomic mass is 10.1. The highest BCUT2D eigenvalue weighted by Crippen LogP contribution is 2.13. The number of nitrogens with two attached hydrogens (primary N) is 1. The van der Waals surface area contributed by atoms with Crippen LogP contribution in [-0.4, -0.2) is 16.2 Å². The maximum absolute atomic E-state index is 11.1. The van der Waals surface area contributed by atoms with Crippen LogP contribution >= 0.6 is 12.2 Å². The Hall–Kier alpha value is -0.820. The first-order valence-electron chi connectivity index (χ1n) is 9.44. The van der Waals surface area contributed by atoms with Crippen molar-refractivity contribution in [1.29, 1.82) is 0 Å². The minimum Gasteiger partial charge on any atom is -0.593 e. The van der Waals surface area contributed by atoms with Crippen molar-refractivity contribution in [3.05, 3.63) is 24.3 Å². The zero-order valence-corrected chi connectivity index (χ0v) is 17.0. The lowest BCUT2D eigenvalue weighted by Gasteiger charge is -2.11. The topological polar surface area (TPSA) is 73.1 Å². The molecule has 1 atom stereocenters. The van der Waals surface area contributed by atoms with Crippen LogP contribution in [0.1, 0.15) is 71.1 Å². The molecule has 0 saturated heterocycles. The Morgan fingerprint density at radius 3 is 2.00 bits per heavy atom. The molecular weight excluding hydrogens is 350 g/mol. The minimum atomic E-state index is -1.44. The van der Waals surface area contributed by atoms with Gasteiger partial charge >= 0.3 is 0 Å².